The SMILES string of the molecule is CCCCCCCn1cc(CCCN)c2ccccc21. The molecule has 0 radical (unpaired) electrons. The van der Waals surface area contributed by atoms with E-state index in [4.69, 9.17) is 5.73 Å². The highest BCUT2D eigenvalue weighted by Crippen LogP contribution is 2.23. The van der Waals surface area contributed by atoms with Crippen molar-refractivity contribution >= 4 is 10.9 Å². The van der Waals surface area contributed by atoms with Gasteiger partial charge < -0.3 is 10.3 Å². The Labute approximate surface area is 123 Å². The summed E-state index contributed by atoms with van der Waals surface area (Å²) in [6.07, 6.45) is 11.2. The van der Waals surface area contributed by atoms with Crippen LogP contribution in [0, 0.1) is 0 Å². The van der Waals surface area contributed by atoms with Gasteiger partial charge in [-0.15, -0.1) is 0 Å². The number of hydrogen-bond acceptors (Lipinski definition) is 1. The summed E-state index contributed by atoms with van der Waals surface area (Å²) < 4.78 is 2.44. The van der Waals surface area contributed by atoms with Gasteiger partial charge in [0.25, 0.3) is 0 Å². The quantitative estimate of drug-likeness (QED) is 0.669. The highest BCUT2D eigenvalue weighted by molar-refractivity contribution is 5.83. The zero-order chi connectivity index (χ0) is 14.2. The van der Waals surface area contributed by atoms with E-state index in [2.05, 4.69) is 42.0 Å². The fourth-order valence-corrected chi connectivity index (χ4v) is 2.89. The second-order valence-electron chi connectivity index (χ2n) is 5.67. The van der Waals surface area contributed by atoms with E-state index in [0.717, 1.165) is 25.9 Å². The van der Waals surface area contributed by atoms with Crippen LogP contribution in [0.1, 0.15) is 51.0 Å². The van der Waals surface area contributed by atoms with Gasteiger partial charge >= 0.3 is 0 Å². The third kappa shape index (κ3) is 3.86. The predicted molar refractivity (Wildman–Crippen MR) is 88.1 cm³/mol. The van der Waals surface area contributed by atoms with Crippen molar-refractivity contribution in [1.29, 1.82) is 0 Å². The van der Waals surface area contributed by atoms with Gasteiger partial charge in [0.15, 0.2) is 0 Å². The Bertz CT molecular complexity index is 513. The molecule has 0 saturated heterocycles. The van der Waals surface area contributed by atoms with Crippen LogP contribution in [0.3, 0.4) is 0 Å². The Morgan fingerprint density at radius 3 is 2.60 bits per heavy atom. The molecule has 1 heterocycles. The number of rotatable bonds is 9. The summed E-state index contributed by atoms with van der Waals surface area (Å²) in [4.78, 5) is 0. The lowest BCUT2D eigenvalue weighted by atomic mass is 10.1. The number of nitrogens with two attached hydrogens (primary N) is 1. The minimum absolute atomic E-state index is 0.774. The molecule has 0 aliphatic heterocycles. The molecule has 0 atom stereocenters. The zero-order valence-corrected chi connectivity index (χ0v) is 12.8. The van der Waals surface area contributed by atoms with Gasteiger partial charge in [-0.3, -0.25) is 0 Å². The van der Waals surface area contributed by atoms with Gasteiger partial charge in [-0.05, 0) is 37.4 Å². The van der Waals surface area contributed by atoms with Crippen molar-refractivity contribution in [2.24, 2.45) is 5.73 Å². The molecule has 0 spiro atoms. The molecule has 2 N–H and O–H groups in total. The van der Waals surface area contributed by atoms with E-state index in [9.17, 15) is 0 Å². The van der Waals surface area contributed by atoms with Gasteiger partial charge in [0.2, 0.25) is 0 Å². The van der Waals surface area contributed by atoms with E-state index in [-0.39, 0.29) is 0 Å². The molecule has 2 nitrogen and oxygen atoms in total. The minimum atomic E-state index is 0.774. The molecular weight excluding hydrogens is 244 g/mol. The fraction of sp³-hybridized carbons (Fsp3) is 0.556. The van der Waals surface area contributed by atoms with Gasteiger partial charge in [0.05, 0.1) is 0 Å². The average molecular weight is 272 g/mol. The molecule has 0 amide bonds. The molecule has 2 rings (SSSR count). The Morgan fingerprint density at radius 1 is 1.00 bits per heavy atom. The molecule has 0 aliphatic rings. The summed E-state index contributed by atoms with van der Waals surface area (Å²) in [5, 5.41) is 1.41. The molecular formula is C18H28N2. The first-order valence-electron chi connectivity index (χ1n) is 8.13. The van der Waals surface area contributed by atoms with Crippen LogP contribution in [-0.2, 0) is 13.0 Å². The number of aryl methyl sites for hydroxylation is 2. The van der Waals surface area contributed by atoms with E-state index in [0.29, 0.717) is 0 Å². The summed E-state index contributed by atoms with van der Waals surface area (Å²) in [6.45, 7) is 4.19. The van der Waals surface area contributed by atoms with Gasteiger partial charge in [-0.25, -0.2) is 0 Å². The standard InChI is InChI=1S/C18H28N2/c1-2-3-4-5-8-14-20-15-16(10-9-13-19)17-11-6-7-12-18(17)20/h6-7,11-12,15H,2-5,8-10,13-14,19H2,1H3. The van der Waals surface area contributed by atoms with Crippen LogP contribution in [0.2, 0.25) is 0 Å². The fourth-order valence-electron chi connectivity index (χ4n) is 2.89. The van der Waals surface area contributed by atoms with E-state index in [1.807, 2.05) is 0 Å². The van der Waals surface area contributed by atoms with Gasteiger partial charge in [-0.1, -0.05) is 50.8 Å². The maximum Gasteiger partial charge on any atom is 0.0483 e. The average Bonchev–Trinajstić information content (AvgIpc) is 2.83. The topological polar surface area (TPSA) is 30.9 Å². The lowest BCUT2D eigenvalue weighted by Crippen LogP contribution is -2.00. The molecule has 1 aromatic carbocycles. The van der Waals surface area contributed by atoms with Crippen LogP contribution < -0.4 is 5.73 Å². The van der Waals surface area contributed by atoms with Crippen LogP contribution in [0.15, 0.2) is 30.5 Å². The minimum Gasteiger partial charge on any atom is -0.347 e. The molecule has 2 heteroatoms. The molecule has 0 aliphatic carbocycles. The second kappa shape index (κ2) is 8.11. The van der Waals surface area contributed by atoms with Crippen molar-refractivity contribution in [2.75, 3.05) is 6.54 Å². The first kappa shape index (κ1) is 15.1. The van der Waals surface area contributed by atoms with Gasteiger partial charge in [-0.2, -0.15) is 0 Å². The lowest BCUT2D eigenvalue weighted by molar-refractivity contribution is 0.576. The van der Waals surface area contributed by atoms with Crippen LogP contribution in [0.5, 0.6) is 0 Å². The lowest BCUT2D eigenvalue weighted by Gasteiger charge is -2.05. The third-order valence-electron chi connectivity index (χ3n) is 4.02. The predicted octanol–water partition coefficient (Wildman–Crippen LogP) is 4.50. The maximum absolute atomic E-state index is 5.65. The Hall–Kier alpha value is -1.28. The molecule has 110 valence electrons. The number of fused-ring (bicyclic) bond motifs is 1. The number of para-hydroxylation sites is 1. The van der Waals surface area contributed by atoms with Crippen LogP contribution in [0.25, 0.3) is 10.9 Å². The summed E-state index contributed by atoms with van der Waals surface area (Å²) in [6, 6.07) is 8.77. The molecule has 2 aromatic rings. The van der Waals surface area contributed by atoms with Crippen LogP contribution in [-0.4, -0.2) is 11.1 Å². The van der Waals surface area contributed by atoms with Crippen LogP contribution in [0.4, 0.5) is 0 Å². The Morgan fingerprint density at radius 2 is 1.80 bits per heavy atom. The first-order chi connectivity index (χ1) is 9.86. The maximum atomic E-state index is 5.65. The zero-order valence-electron chi connectivity index (χ0n) is 12.8. The van der Waals surface area contributed by atoms with Crippen molar-refractivity contribution in [1.82, 2.24) is 4.57 Å². The molecule has 1 aromatic heterocycles. The number of aromatic nitrogens is 1. The highest BCUT2D eigenvalue weighted by Gasteiger charge is 2.07. The summed E-state index contributed by atoms with van der Waals surface area (Å²) in [7, 11) is 0. The number of benzene rings is 1. The number of unbranched alkanes of at least 4 members (excludes halogenated alkanes) is 4. The van der Waals surface area contributed by atoms with Gasteiger partial charge in [0.1, 0.15) is 0 Å². The summed E-state index contributed by atoms with van der Waals surface area (Å²) in [5.41, 5.74) is 8.49. The monoisotopic (exact) mass is 272 g/mol. The van der Waals surface area contributed by atoms with Crippen LogP contribution >= 0.6 is 0 Å². The van der Waals surface area contributed by atoms with Crippen molar-refractivity contribution in [3.8, 4) is 0 Å². The molecule has 0 bridgehead atoms. The van der Waals surface area contributed by atoms with Crippen molar-refractivity contribution < 1.29 is 0 Å². The summed E-state index contributed by atoms with van der Waals surface area (Å²) >= 11 is 0. The largest absolute Gasteiger partial charge is 0.347 e. The number of nitrogens with zero attached hydrogens (tertiary/aromatic N) is 1. The highest BCUT2D eigenvalue weighted by atomic mass is 15.0. The smallest absolute Gasteiger partial charge is 0.0483 e. The van der Waals surface area contributed by atoms with E-state index in [1.54, 1.807) is 0 Å². The molecule has 20 heavy (non-hydrogen) atoms. The van der Waals surface area contributed by atoms with Crippen molar-refractivity contribution in [3.63, 3.8) is 0 Å². The van der Waals surface area contributed by atoms with Crippen molar-refractivity contribution in [2.45, 2.75) is 58.4 Å². The van der Waals surface area contributed by atoms with Crippen molar-refractivity contribution in [3.05, 3.63) is 36.0 Å². The van der Waals surface area contributed by atoms with E-state index in [1.165, 1.54) is 48.6 Å². The molecule has 0 fully saturated rings. The summed E-state index contributed by atoms with van der Waals surface area (Å²) in [5.74, 6) is 0. The third-order valence-corrected chi connectivity index (χ3v) is 4.02. The van der Waals surface area contributed by atoms with E-state index < -0.39 is 0 Å². The van der Waals surface area contributed by atoms with E-state index >= 15 is 0 Å². The second-order valence-corrected chi connectivity index (χ2v) is 5.67. The first-order valence-corrected chi connectivity index (χ1v) is 8.13. The molecule has 0 saturated carbocycles. The Balaban J connectivity index is 2.04. The Kier molecular flexibility index (Phi) is 6.13. The normalized spacial score (nSPS) is 11.3. The molecule has 0 unspecified atom stereocenters. The number of hydrogen-bond donors (Lipinski definition) is 1. The van der Waals surface area contributed by atoms with Gasteiger partial charge in [0, 0.05) is 23.6 Å².